The first-order valence-electron chi connectivity index (χ1n) is 9.35. The van der Waals surface area contributed by atoms with E-state index in [0.717, 1.165) is 16.5 Å². The molecule has 1 fully saturated rings. The van der Waals surface area contributed by atoms with Crippen LogP contribution in [0.3, 0.4) is 0 Å². The molecule has 0 spiro atoms. The number of furan rings is 1. The van der Waals surface area contributed by atoms with E-state index in [9.17, 15) is 9.59 Å². The second-order valence-electron chi connectivity index (χ2n) is 6.81. The van der Waals surface area contributed by atoms with Crippen molar-refractivity contribution in [3.05, 3.63) is 53.1 Å². The molecule has 4 rings (SSSR count). The van der Waals surface area contributed by atoms with Gasteiger partial charge in [-0.25, -0.2) is 0 Å². The van der Waals surface area contributed by atoms with Gasteiger partial charge in [-0.05, 0) is 30.4 Å². The summed E-state index contributed by atoms with van der Waals surface area (Å²) in [7, 11) is 1.66. The van der Waals surface area contributed by atoms with E-state index in [0.29, 0.717) is 37.4 Å². The van der Waals surface area contributed by atoms with Gasteiger partial charge in [0.05, 0.1) is 4.21 Å². The van der Waals surface area contributed by atoms with Crippen LogP contribution in [0.5, 0.6) is 0 Å². The molecule has 146 valence electrons. The molecule has 2 amide bonds. The lowest BCUT2D eigenvalue weighted by molar-refractivity contribution is -0.125. The van der Waals surface area contributed by atoms with Crippen LogP contribution < -0.4 is 5.32 Å². The van der Waals surface area contributed by atoms with Crippen molar-refractivity contribution in [3.8, 4) is 0 Å². The lowest BCUT2D eigenvalue weighted by Gasteiger charge is -2.30. The number of para-hydroxylation sites is 1. The van der Waals surface area contributed by atoms with E-state index in [-0.39, 0.29) is 17.7 Å². The number of piperidine rings is 1. The van der Waals surface area contributed by atoms with Gasteiger partial charge in [0, 0.05) is 42.8 Å². The second kappa shape index (κ2) is 8.41. The van der Waals surface area contributed by atoms with E-state index in [2.05, 4.69) is 16.8 Å². The number of amides is 2. The van der Waals surface area contributed by atoms with Gasteiger partial charge in [0.1, 0.15) is 5.58 Å². The summed E-state index contributed by atoms with van der Waals surface area (Å²) in [6.45, 7) is 1.15. The zero-order chi connectivity index (χ0) is 19.5. The predicted octanol–water partition coefficient (Wildman–Crippen LogP) is 4.38. The number of hydrogen-bond acceptors (Lipinski definition) is 5. The number of carbonyl (C=O) groups is 2. The molecule has 1 aliphatic heterocycles. The van der Waals surface area contributed by atoms with Gasteiger partial charge in [0.15, 0.2) is 5.76 Å². The molecule has 1 aliphatic rings. The Labute approximate surface area is 172 Å². The standard InChI is InChI=1S/C21H22N2O3S2/c1-22-20(24)14-8-10-23(11-9-14)21(25)19-16(13-28-18-7-4-12-27-18)15-5-2-3-6-17(15)26-19/h2-7,12,14H,8-11,13H2,1H3,(H,22,24). The molecule has 0 unspecified atom stereocenters. The Morgan fingerprint density at radius 2 is 2.00 bits per heavy atom. The van der Waals surface area contributed by atoms with Crippen LogP contribution in [0.4, 0.5) is 0 Å². The minimum atomic E-state index is -0.0756. The lowest BCUT2D eigenvalue weighted by Crippen LogP contribution is -2.42. The van der Waals surface area contributed by atoms with Crippen molar-refractivity contribution in [2.75, 3.05) is 20.1 Å². The Morgan fingerprint density at radius 3 is 2.71 bits per heavy atom. The van der Waals surface area contributed by atoms with Crippen LogP contribution in [0.15, 0.2) is 50.4 Å². The maximum Gasteiger partial charge on any atom is 0.289 e. The third-order valence-electron chi connectivity index (χ3n) is 5.15. The Bertz CT molecular complexity index is 973. The van der Waals surface area contributed by atoms with Gasteiger partial charge in [0.25, 0.3) is 5.91 Å². The maximum atomic E-state index is 13.2. The van der Waals surface area contributed by atoms with Gasteiger partial charge in [0.2, 0.25) is 5.91 Å². The highest BCUT2D eigenvalue weighted by molar-refractivity contribution is 8.00. The topological polar surface area (TPSA) is 62.6 Å². The summed E-state index contributed by atoms with van der Waals surface area (Å²) in [5, 5.41) is 5.75. The van der Waals surface area contributed by atoms with Crippen LogP contribution in [0.25, 0.3) is 11.0 Å². The molecule has 0 atom stereocenters. The Morgan fingerprint density at radius 1 is 1.21 bits per heavy atom. The molecule has 0 radical (unpaired) electrons. The molecule has 0 saturated carbocycles. The van der Waals surface area contributed by atoms with E-state index in [1.165, 1.54) is 4.21 Å². The largest absolute Gasteiger partial charge is 0.451 e. The Balaban J connectivity index is 1.56. The highest BCUT2D eigenvalue weighted by Gasteiger charge is 2.30. The van der Waals surface area contributed by atoms with Crippen molar-refractivity contribution in [2.45, 2.75) is 22.8 Å². The molecule has 28 heavy (non-hydrogen) atoms. The SMILES string of the molecule is CNC(=O)C1CCN(C(=O)c2oc3ccccc3c2CSc2cccs2)CC1. The highest BCUT2D eigenvalue weighted by atomic mass is 32.2. The minimum Gasteiger partial charge on any atom is -0.451 e. The number of thioether (sulfide) groups is 1. The Kier molecular flexibility index (Phi) is 5.73. The summed E-state index contributed by atoms with van der Waals surface area (Å²) in [5.41, 5.74) is 1.69. The van der Waals surface area contributed by atoms with Crippen LogP contribution in [0.1, 0.15) is 29.0 Å². The zero-order valence-electron chi connectivity index (χ0n) is 15.6. The number of rotatable bonds is 5. The molecule has 1 saturated heterocycles. The Hall–Kier alpha value is -2.25. The molecule has 7 heteroatoms. The fourth-order valence-corrected chi connectivity index (χ4v) is 5.41. The summed E-state index contributed by atoms with van der Waals surface area (Å²) >= 11 is 3.42. The van der Waals surface area contributed by atoms with E-state index in [1.807, 2.05) is 35.2 Å². The van der Waals surface area contributed by atoms with Gasteiger partial charge in [-0.15, -0.1) is 23.1 Å². The summed E-state index contributed by atoms with van der Waals surface area (Å²) in [6.07, 6.45) is 1.37. The van der Waals surface area contributed by atoms with Crippen molar-refractivity contribution in [1.29, 1.82) is 0 Å². The number of hydrogen-bond donors (Lipinski definition) is 1. The number of likely N-dealkylation sites (tertiary alicyclic amines) is 1. The molecule has 3 aromatic rings. The van der Waals surface area contributed by atoms with Crippen LogP contribution >= 0.6 is 23.1 Å². The van der Waals surface area contributed by atoms with Crippen LogP contribution in [-0.4, -0.2) is 36.9 Å². The molecule has 2 aromatic heterocycles. The first-order valence-corrected chi connectivity index (χ1v) is 11.2. The van der Waals surface area contributed by atoms with Gasteiger partial charge >= 0.3 is 0 Å². The number of carbonyl (C=O) groups excluding carboxylic acids is 2. The normalized spacial score (nSPS) is 15.1. The van der Waals surface area contributed by atoms with Crippen molar-refractivity contribution in [1.82, 2.24) is 10.2 Å². The molecule has 1 aromatic carbocycles. The smallest absolute Gasteiger partial charge is 0.289 e. The van der Waals surface area contributed by atoms with E-state index in [1.54, 1.807) is 30.1 Å². The fraction of sp³-hybridized carbons (Fsp3) is 0.333. The van der Waals surface area contributed by atoms with Crippen molar-refractivity contribution in [2.24, 2.45) is 5.92 Å². The molecule has 0 bridgehead atoms. The minimum absolute atomic E-state index is 0.0152. The second-order valence-corrected chi connectivity index (χ2v) is 9.03. The van der Waals surface area contributed by atoms with E-state index >= 15 is 0 Å². The molecular weight excluding hydrogens is 392 g/mol. The number of nitrogens with zero attached hydrogens (tertiary/aromatic N) is 1. The van der Waals surface area contributed by atoms with Crippen molar-refractivity contribution < 1.29 is 14.0 Å². The first kappa shape index (κ1) is 19.1. The summed E-state index contributed by atoms with van der Waals surface area (Å²) < 4.78 is 7.22. The number of nitrogens with one attached hydrogen (secondary N) is 1. The number of thiophene rings is 1. The summed E-state index contributed by atoms with van der Waals surface area (Å²) in [5.74, 6) is 1.09. The molecule has 0 aliphatic carbocycles. The fourth-order valence-electron chi connectivity index (χ4n) is 3.60. The molecule has 3 heterocycles. The van der Waals surface area contributed by atoms with Crippen LogP contribution in [0.2, 0.25) is 0 Å². The molecule has 1 N–H and O–H groups in total. The zero-order valence-corrected chi connectivity index (χ0v) is 17.3. The van der Waals surface area contributed by atoms with E-state index < -0.39 is 0 Å². The first-order chi connectivity index (χ1) is 13.7. The van der Waals surface area contributed by atoms with Gasteiger partial charge in [-0.1, -0.05) is 24.3 Å². The molecule has 5 nitrogen and oxygen atoms in total. The third kappa shape index (κ3) is 3.82. The van der Waals surface area contributed by atoms with Gasteiger partial charge in [-0.3, -0.25) is 9.59 Å². The van der Waals surface area contributed by atoms with Crippen LogP contribution in [-0.2, 0) is 10.5 Å². The van der Waals surface area contributed by atoms with Crippen molar-refractivity contribution in [3.63, 3.8) is 0 Å². The van der Waals surface area contributed by atoms with Crippen LogP contribution in [0, 0.1) is 5.92 Å². The lowest BCUT2D eigenvalue weighted by atomic mass is 9.95. The van der Waals surface area contributed by atoms with Crippen molar-refractivity contribution >= 4 is 45.9 Å². The number of benzene rings is 1. The van der Waals surface area contributed by atoms with Gasteiger partial charge in [-0.2, -0.15) is 0 Å². The van der Waals surface area contributed by atoms with E-state index in [4.69, 9.17) is 4.42 Å². The predicted molar refractivity (Wildman–Crippen MR) is 113 cm³/mol. The molecular formula is C21H22N2O3S2. The summed E-state index contributed by atoms with van der Waals surface area (Å²) in [4.78, 5) is 26.9. The monoisotopic (exact) mass is 414 g/mol. The number of fused-ring (bicyclic) bond motifs is 1. The van der Waals surface area contributed by atoms with Gasteiger partial charge < -0.3 is 14.6 Å². The average molecular weight is 415 g/mol. The third-order valence-corrected chi connectivity index (χ3v) is 7.30. The quantitative estimate of drug-likeness (QED) is 0.629. The maximum absolute atomic E-state index is 13.2. The highest BCUT2D eigenvalue weighted by Crippen LogP contribution is 2.34. The summed E-state index contributed by atoms with van der Waals surface area (Å²) in [6, 6.07) is 11.9. The average Bonchev–Trinajstić information content (AvgIpc) is 3.39.